The number of nitrogens with one attached hydrogen (secondary N) is 1. The van der Waals surface area contributed by atoms with Crippen LogP contribution in [0, 0.1) is 5.82 Å². The van der Waals surface area contributed by atoms with Crippen LogP contribution < -0.4 is 5.32 Å². The standard InChI is InChI=1S/C14H15ClFNO4/c1-3-20-13(18)9(14(19)21-4-2)8-17-11-7-5-6-10(15)12(11)16/h5-8,17H,3-4H2,1-2H3. The summed E-state index contributed by atoms with van der Waals surface area (Å²) in [5.74, 6) is -2.40. The van der Waals surface area contributed by atoms with Gasteiger partial charge in [0.2, 0.25) is 0 Å². The number of anilines is 1. The molecular formula is C14H15ClFNO4. The highest BCUT2D eigenvalue weighted by Crippen LogP contribution is 2.22. The Labute approximate surface area is 126 Å². The van der Waals surface area contributed by atoms with Crippen LogP contribution >= 0.6 is 11.6 Å². The first-order valence-corrected chi connectivity index (χ1v) is 6.64. The van der Waals surface area contributed by atoms with Gasteiger partial charge in [-0.1, -0.05) is 17.7 Å². The van der Waals surface area contributed by atoms with Crippen LogP contribution in [0.2, 0.25) is 5.02 Å². The molecule has 1 rings (SSSR count). The van der Waals surface area contributed by atoms with Gasteiger partial charge in [-0.15, -0.1) is 0 Å². The van der Waals surface area contributed by atoms with Gasteiger partial charge in [0.1, 0.15) is 0 Å². The summed E-state index contributed by atoms with van der Waals surface area (Å²) in [6.45, 7) is 3.40. The maximum atomic E-state index is 13.7. The first-order valence-electron chi connectivity index (χ1n) is 6.26. The lowest BCUT2D eigenvalue weighted by atomic mass is 10.2. The molecule has 0 unspecified atom stereocenters. The van der Waals surface area contributed by atoms with Crippen molar-refractivity contribution in [3.63, 3.8) is 0 Å². The molecule has 114 valence electrons. The zero-order valence-corrected chi connectivity index (χ0v) is 12.4. The van der Waals surface area contributed by atoms with Gasteiger partial charge in [0, 0.05) is 6.20 Å². The normalized spacial score (nSPS) is 9.71. The number of carbonyl (C=O) groups is 2. The van der Waals surface area contributed by atoms with Crippen molar-refractivity contribution in [1.82, 2.24) is 0 Å². The molecule has 0 saturated carbocycles. The van der Waals surface area contributed by atoms with E-state index in [9.17, 15) is 14.0 Å². The zero-order chi connectivity index (χ0) is 15.8. The van der Waals surface area contributed by atoms with Gasteiger partial charge in [-0.05, 0) is 26.0 Å². The number of carbonyl (C=O) groups excluding carboxylic acids is 2. The number of ether oxygens (including phenoxy) is 2. The molecule has 0 aliphatic rings. The van der Waals surface area contributed by atoms with Crippen molar-refractivity contribution < 1.29 is 23.5 Å². The predicted molar refractivity (Wildman–Crippen MR) is 76.4 cm³/mol. The third kappa shape index (κ3) is 4.75. The highest BCUT2D eigenvalue weighted by Gasteiger charge is 2.21. The Morgan fingerprint density at radius 3 is 2.33 bits per heavy atom. The van der Waals surface area contributed by atoms with Crippen LogP contribution in [-0.2, 0) is 19.1 Å². The minimum Gasteiger partial charge on any atom is -0.462 e. The minimum atomic E-state index is -0.856. The van der Waals surface area contributed by atoms with Crippen molar-refractivity contribution in [2.75, 3.05) is 18.5 Å². The Morgan fingerprint density at radius 2 is 1.81 bits per heavy atom. The van der Waals surface area contributed by atoms with E-state index in [0.717, 1.165) is 6.20 Å². The molecule has 0 aliphatic heterocycles. The lowest BCUT2D eigenvalue weighted by Crippen LogP contribution is -2.19. The first kappa shape index (κ1) is 17.0. The summed E-state index contributed by atoms with van der Waals surface area (Å²) in [4.78, 5) is 23.4. The SMILES string of the molecule is CCOC(=O)C(=CNc1cccc(Cl)c1F)C(=O)OCC. The summed E-state index contributed by atoms with van der Waals surface area (Å²) >= 11 is 5.63. The molecule has 0 amide bonds. The van der Waals surface area contributed by atoms with Gasteiger partial charge >= 0.3 is 11.9 Å². The number of esters is 2. The fourth-order valence-electron chi connectivity index (χ4n) is 1.38. The van der Waals surface area contributed by atoms with Gasteiger partial charge in [0.05, 0.1) is 23.9 Å². The molecule has 0 aromatic heterocycles. The van der Waals surface area contributed by atoms with Crippen LogP contribution in [0.25, 0.3) is 0 Å². The molecule has 0 aliphatic carbocycles. The molecule has 1 aromatic rings. The summed E-state index contributed by atoms with van der Waals surface area (Å²) < 4.78 is 23.2. The van der Waals surface area contributed by atoms with Crippen LogP contribution in [0.4, 0.5) is 10.1 Å². The second kappa shape index (κ2) is 8.26. The fraction of sp³-hybridized carbons (Fsp3) is 0.286. The Hall–Kier alpha value is -2.08. The van der Waals surface area contributed by atoms with Gasteiger partial charge in [-0.3, -0.25) is 0 Å². The average molecular weight is 316 g/mol. The van der Waals surface area contributed by atoms with E-state index in [1.54, 1.807) is 13.8 Å². The summed E-state index contributed by atoms with van der Waals surface area (Å²) in [6.07, 6.45) is 1.03. The predicted octanol–water partition coefficient (Wildman–Crippen LogP) is 2.90. The van der Waals surface area contributed by atoms with E-state index in [1.165, 1.54) is 18.2 Å². The monoisotopic (exact) mass is 315 g/mol. The number of rotatable bonds is 6. The molecule has 0 atom stereocenters. The van der Waals surface area contributed by atoms with Crippen molar-refractivity contribution >= 4 is 29.2 Å². The largest absolute Gasteiger partial charge is 0.462 e. The van der Waals surface area contributed by atoms with Crippen molar-refractivity contribution in [3.05, 3.63) is 40.8 Å². The van der Waals surface area contributed by atoms with E-state index in [1.807, 2.05) is 0 Å². The van der Waals surface area contributed by atoms with Gasteiger partial charge in [-0.25, -0.2) is 14.0 Å². The molecule has 1 aromatic carbocycles. The second-order valence-electron chi connectivity index (χ2n) is 3.74. The Bertz CT molecular complexity index is 540. The van der Waals surface area contributed by atoms with E-state index in [0.29, 0.717) is 0 Å². The zero-order valence-electron chi connectivity index (χ0n) is 11.6. The molecular weight excluding hydrogens is 301 g/mol. The quantitative estimate of drug-likeness (QED) is 0.378. The molecule has 0 heterocycles. The number of halogens is 2. The first-order chi connectivity index (χ1) is 10.0. The molecule has 21 heavy (non-hydrogen) atoms. The molecule has 1 N–H and O–H groups in total. The molecule has 0 spiro atoms. The second-order valence-corrected chi connectivity index (χ2v) is 4.15. The Morgan fingerprint density at radius 1 is 1.24 bits per heavy atom. The Balaban J connectivity index is 2.99. The summed E-state index contributed by atoms with van der Waals surface area (Å²) in [7, 11) is 0. The fourth-order valence-corrected chi connectivity index (χ4v) is 1.56. The third-order valence-electron chi connectivity index (χ3n) is 2.31. The topological polar surface area (TPSA) is 64.6 Å². The summed E-state index contributed by atoms with van der Waals surface area (Å²) in [5.41, 5.74) is -0.341. The van der Waals surface area contributed by atoms with Crippen molar-refractivity contribution in [3.8, 4) is 0 Å². The van der Waals surface area contributed by atoms with Crippen LogP contribution in [-0.4, -0.2) is 25.2 Å². The van der Waals surface area contributed by atoms with Gasteiger partial charge in [0.25, 0.3) is 0 Å². The van der Waals surface area contributed by atoms with Crippen LogP contribution in [0.15, 0.2) is 30.0 Å². The van der Waals surface area contributed by atoms with Gasteiger partial charge in [0.15, 0.2) is 11.4 Å². The minimum absolute atomic E-state index is 0.0218. The van der Waals surface area contributed by atoms with E-state index >= 15 is 0 Å². The third-order valence-corrected chi connectivity index (χ3v) is 2.61. The maximum absolute atomic E-state index is 13.7. The Kier molecular flexibility index (Phi) is 6.68. The van der Waals surface area contributed by atoms with Crippen molar-refractivity contribution in [2.24, 2.45) is 0 Å². The van der Waals surface area contributed by atoms with E-state index in [4.69, 9.17) is 21.1 Å². The lowest BCUT2D eigenvalue weighted by Gasteiger charge is -2.08. The van der Waals surface area contributed by atoms with Crippen LogP contribution in [0.5, 0.6) is 0 Å². The van der Waals surface area contributed by atoms with Gasteiger partial charge < -0.3 is 14.8 Å². The summed E-state index contributed by atoms with van der Waals surface area (Å²) in [5, 5.41) is 2.43. The smallest absolute Gasteiger partial charge is 0.347 e. The lowest BCUT2D eigenvalue weighted by molar-refractivity contribution is -0.146. The average Bonchev–Trinajstić information content (AvgIpc) is 2.44. The van der Waals surface area contributed by atoms with Crippen LogP contribution in [0.1, 0.15) is 13.8 Å². The molecule has 0 saturated heterocycles. The highest BCUT2D eigenvalue weighted by atomic mass is 35.5. The number of hydrogen-bond donors (Lipinski definition) is 1. The van der Waals surface area contributed by atoms with E-state index in [2.05, 4.69) is 5.32 Å². The molecule has 5 nitrogen and oxygen atoms in total. The summed E-state index contributed by atoms with van der Waals surface area (Å²) in [6, 6.07) is 4.31. The van der Waals surface area contributed by atoms with E-state index in [-0.39, 0.29) is 29.5 Å². The highest BCUT2D eigenvalue weighted by molar-refractivity contribution is 6.31. The number of hydrogen-bond acceptors (Lipinski definition) is 5. The molecule has 0 bridgehead atoms. The van der Waals surface area contributed by atoms with Crippen LogP contribution in [0.3, 0.4) is 0 Å². The van der Waals surface area contributed by atoms with Crippen molar-refractivity contribution in [2.45, 2.75) is 13.8 Å². The van der Waals surface area contributed by atoms with Crippen molar-refractivity contribution in [1.29, 1.82) is 0 Å². The molecule has 0 fully saturated rings. The molecule has 0 radical (unpaired) electrons. The van der Waals surface area contributed by atoms with E-state index < -0.39 is 17.8 Å². The molecule has 7 heteroatoms. The van der Waals surface area contributed by atoms with Gasteiger partial charge in [-0.2, -0.15) is 0 Å². The maximum Gasteiger partial charge on any atom is 0.347 e. The number of benzene rings is 1.